The van der Waals surface area contributed by atoms with Crippen molar-refractivity contribution in [3.05, 3.63) is 22.7 Å². The molecule has 1 aromatic carbocycles. The standard InChI is InChI=1S/C16H23BrN2O/c17-15-8-14(18-9-12-2-1-3-12)4-5-16(15)19-7-6-13(10-19)11-20/h4-5,8,12-13,18,20H,1-3,6-7,9-11H2. The monoisotopic (exact) mass is 338 g/mol. The third kappa shape index (κ3) is 3.12. The van der Waals surface area contributed by atoms with E-state index in [4.69, 9.17) is 0 Å². The molecule has 4 heteroatoms. The second-order valence-corrected chi connectivity index (χ2v) is 6.98. The minimum atomic E-state index is 0.301. The lowest BCUT2D eigenvalue weighted by atomic mass is 9.85. The molecule has 1 aromatic rings. The number of hydrogen-bond donors (Lipinski definition) is 2. The van der Waals surface area contributed by atoms with Crippen LogP contribution in [0.2, 0.25) is 0 Å². The van der Waals surface area contributed by atoms with Crippen LogP contribution in [0, 0.1) is 11.8 Å². The smallest absolute Gasteiger partial charge is 0.0512 e. The predicted octanol–water partition coefficient (Wildman–Crippen LogP) is 3.48. The van der Waals surface area contributed by atoms with Gasteiger partial charge in [-0.05, 0) is 59.3 Å². The third-order valence-electron chi connectivity index (χ3n) is 4.65. The number of benzene rings is 1. The van der Waals surface area contributed by atoms with E-state index in [-0.39, 0.29) is 0 Å². The van der Waals surface area contributed by atoms with E-state index in [1.54, 1.807) is 0 Å². The Labute approximate surface area is 129 Å². The van der Waals surface area contributed by atoms with Crippen LogP contribution in [-0.4, -0.2) is 31.3 Å². The third-order valence-corrected chi connectivity index (χ3v) is 5.29. The van der Waals surface area contributed by atoms with Crippen LogP contribution < -0.4 is 10.2 Å². The van der Waals surface area contributed by atoms with E-state index < -0.39 is 0 Å². The Morgan fingerprint density at radius 2 is 2.10 bits per heavy atom. The van der Waals surface area contributed by atoms with Crippen molar-refractivity contribution in [3.8, 4) is 0 Å². The summed E-state index contributed by atoms with van der Waals surface area (Å²) in [5, 5.41) is 12.8. The van der Waals surface area contributed by atoms with Gasteiger partial charge in [-0.2, -0.15) is 0 Å². The van der Waals surface area contributed by atoms with Crippen molar-refractivity contribution >= 4 is 27.3 Å². The molecule has 20 heavy (non-hydrogen) atoms. The summed E-state index contributed by atoms with van der Waals surface area (Å²) >= 11 is 3.69. The Balaban J connectivity index is 1.61. The lowest BCUT2D eigenvalue weighted by Crippen LogP contribution is -2.22. The quantitative estimate of drug-likeness (QED) is 0.862. The zero-order valence-corrected chi connectivity index (χ0v) is 13.4. The second-order valence-electron chi connectivity index (χ2n) is 6.13. The lowest BCUT2D eigenvalue weighted by Gasteiger charge is -2.26. The SMILES string of the molecule is OCC1CCN(c2ccc(NCC3CCC3)cc2Br)C1. The molecule has 1 saturated carbocycles. The number of aliphatic hydroxyl groups is 1. The largest absolute Gasteiger partial charge is 0.396 e. The van der Waals surface area contributed by atoms with Crippen LogP contribution >= 0.6 is 15.9 Å². The van der Waals surface area contributed by atoms with Crippen molar-refractivity contribution in [2.45, 2.75) is 25.7 Å². The van der Waals surface area contributed by atoms with Crippen LogP contribution in [-0.2, 0) is 0 Å². The maximum Gasteiger partial charge on any atom is 0.0512 e. The molecule has 1 aliphatic heterocycles. The Bertz CT molecular complexity index is 462. The molecule has 3 nitrogen and oxygen atoms in total. The van der Waals surface area contributed by atoms with Crippen LogP contribution in [0.15, 0.2) is 22.7 Å². The molecule has 2 fully saturated rings. The normalized spacial score (nSPS) is 22.9. The summed E-state index contributed by atoms with van der Waals surface area (Å²) in [5.74, 6) is 1.30. The molecule has 0 bridgehead atoms. The van der Waals surface area contributed by atoms with Crippen molar-refractivity contribution in [1.82, 2.24) is 0 Å². The fourth-order valence-electron chi connectivity index (χ4n) is 3.03. The number of halogens is 1. The maximum atomic E-state index is 9.25. The van der Waals surface area contributed by atoms with Crippen molar-refractivity contribution in [2.75, 3.05) is 36.5 Å². The van der Waals surface area contributed by atoms with Gasteiger partial charge in [-0.25, -0.2) is 0 Å². The first kappa shape index (κ1) is 14.2. The second kappa shape index (κ2) is 6.35. The average molecular weight is 339 g/mol. The summed E-state index contributed by atoms with van der Waals surface area (Å²) in [4.78, 5) is 2.36. The predicted molar refractivity (Wildman–Crippen MR) is 87.4 cm³/mol. The Morgan fingerprint density at radius 3 is 2.70 bits per heavy atom. The first-order valence-corrected chi connectivity index (χ1v) is 8.45. The van der Waals surface area contributed by atoms with E-state index in [0.717, 1.165) is 36.4 Å². The van der Waals surface area contributed by atoms with Gasteiger partial charge < -0.3 is 15.3 Å². The van der Waals surface area contributed by atoms with Crippen LogP contribution in [0.1, 0.15) is 25.7 Å². The van der Waals surface area contributed by atoms with Gasteiger partial charge in [-0.3, -0.25) is 0 Å². The van der Waals surface area contributed by atoms with Crippen LogP contribution in [0.5, 0.6) is 0 Å². The highest BCUT2D eigenvalue weighted by Crippen LogP contribution is 2.33. The van der Waals surface area contributed by atoms with Crippen LogP contribution in [0.4, 0.5) is 11.4 Å². The lowest BCUT2D eigenvalue weighted by molar-refractivity contribution is 0.238. The Kier molecular flexibility index (Phi) is 4.51. The average Bonchev–Trinajstić information content (AvgIpc) is 2.85. The van der Waals surface area contributed by atoms with Gasteiger partial charge in [0, 0.05) is 42.3 Å². The molecule has 1 aliphatic carbocycles. The summed E-state index contributed by atoms with van der Waals surface area (Å²) < 4.78 is 1.15. The first-order chi connectivity index (χ1) is 9.76. The van der Waals surface area contributed by atoms with E-state index in [1.165, 1.54) is 30.6 Å². The minimum absolute atomic E-state index is 0.301. The van der Waals surface area contributed by atoms with Gasteiger partial charge in [0.15, 0.2) is 0 Å². The molecule has 1 saturated heterocycles. The van der Waals surface area contributed by atoms with Gasteiger partial charge in [-0.15, -0.1) is 0 Å². The number of aliphatic hydroxyl groups excluding tert-OH is 1. The molecule has 0 aromatic heterocycles. The molecule has 0 amide bonds. The van der Waals surface area contributed by atoms with Crippen molar-refractivity contribution in [1.29, 1.82) is 0 Å². The van der Waals surface area contributed by atoms with Crippen molar-refractivity contribution in [3.63, 3.8) is 0 Å². The van der Waals surface area contributed by atoms with E-state index in [0.29, 0.717) is 12.5 Å². The molecule has 3 rings (SSSR count). The summed E-state index contributed by atoms with van der Waals surface area (Å²) in [6, 6.07) is 6.54. The zero-order valence-electron chi connectivity index (χ0n) is 11.8. The van der Waals surface area contributed by atoms with Crippen LogP contribution in [0.3, 0.4) is 0 Å². The van der Waals surface area contributed by atoms with Crippen molar-refractivity contribution < 1.29 is 5.11 Å². The highest BCUT2D eigenvalue weighted by atomic mass is 79.9. The topological polar surface area (TPSA) is 35.5 Å². The Morgan fingerprint density at radius 1 is 1.25 bits per heavy atom. The summed E-state index contributed by atoms with van der Waals surface area (Å²) in [7, 11) is 0. The van der Waals surface area contributed by atoms with Crippen LogP contribution in [0.25, 0.3) is 0 Å². The number of nitrogens with zero attached hydrogens (tertiary/aromatic N) is 1. The molecular weight excluding hydrogens is 316 g/mol. The molecule has 2 aliphatic rings. The fraction of sp³-hybridized carbons (Fsp3) is 0.625. The first-order valence-electron chi connectivity index (χ1n) is 7.65. The molecule has 110 valence electrons. The van der Waals surface area contributed by atoms with Gasteiger partial charge in [0.1, 0.15) is 0 Å². The van der Waals surface area contributed by atoms with E-state index in [9.17, 15) is 5.11 Å². The zero-order chi connectivity index (χ0) is 13.9. The van der Waals surface area contributed by atoms with Gasteiger partial charge >= 0.3 is 0 Å². The summed E-state index contributed by atoms with van der Waals surface area (Å²) in [6.45, 7) is 3.40. The van der Waals surface area contributed by atoms with Gasteiger partial charge in [0.05, 0.1) is 5.69 Å². The molecule has 2 N–H and O–H groups in total. The molecule has 0 spiro atoms. The molecular formula is C16H23BrN2O. The molecule has 1 heterocycles. The van der Waals surface area contributed by atoms with Gasteiger partial charge in [0.25, 0.3) is 0 Å². The molecule has 1 unspecified atom stereocenters. The highest BCUT2D eigenvalue weighted by Gasteiger charge is 2.23. The van der Waals surface area contributed by atoms with Crippen molar-refractivity contribution in [2.24, 2.45) is 11.8 Å². The Hall–Kier alpha value is -0.740. The minimum Gasteiger partial charge on any atom is -0.396 e. The van der Waals surface area contributed by atoms with E-state index in [1.807, 2.05) is 0 Å². The van der Waals surface area contributed by atoms with E-state index >= 15 is 0 Å². The highest BCUT2D eigenvalue weighted by molar-refractivity contribution is 9.10. The molecule has 0 radical (unpaired) electrons. The number of rotatable bonds is 5. The number of anilines is 2. The van der Waals surface area contributed by atoms with Gasteiger partial charge in [-0.1, -0.05) is 6.42 Å². The van der Waals surface area contributed by atoms with Gasteiger partial charge in [0.2, 0.25) is 0 Å². The number of nitrogens with one attached hydrogen (secondary N) is 1. The summed E-state index contributed by atoms with van der Waals surface area (Å²) in [5.41, 5.74) is 2.44. The number of hydrogen-bond acceptors (Lipinski definition) is 3. The van der Waals surface area contributed by atoms with E-state index in [2.05, 4.69) is 44.3 Å². The molecule has 1 atom stereocenters. The fourth-order valence-corrected chi connectivity index (χ4v) is 3.66. The summed E-state index contributed by atoms with van der Waals surface area (Å²) in [6.07, 6.45) is 5.24. The maximum absolute atomic E-state index is 9.25.